The average Bonchev–Trinajstić information content (AvgIpc) is 3.36. The van der Waals surface area contributed by atoms with E-state index in [9.17, 15) is 19.7 Å². The highest BCUT2D eigenvalue weighted by Gasteiger charge is 2.29. The number of non-ortho nitro benzene ring substituents is 1. The van der Waals surface area contributed by atoms with Gasteiger partial charge >= 0.3 is 0 Å². The minimum Gasteiger partial charge on any atom is -0.484 e. The molecule has 1 N–H and O–H groups in total. The Morgan fingerprint density at radius 2 is 1.76 bits per heavy atom. The van der Waals surface area contributed by atoms with Gasteiger partial charge in [-0.15, -0.1) is 0 Å². The van der Waals surface area contributed by atoms with E-state index in [-0.39, 0.29) is 30.3 Å². The van der Waals surface area contributed by atoms with E-state index in [1.54, 1.807) is 48.5 Å². The summed E-state index contributed by atoms with van der Waals surface area (Å²) in [6.07, 6.45) is 4.50. The summed E-state index contributed by atoms with van der Waals surface area (Å²) in [5, 5.41) is 14.7. The van der Waals surface area contributed by atoms with E-state index in [2.05, 4.69) is 24.4 Å². The van der Waals surface area contributed by atoms with Gasteiger partial charge in [-0.3, -0.25) is 19.7 Å². The van der Waals surface area contributed by atoms with Crippen molar-refractivity contribution in [2.24, 2.45) is 5.10 Å². The van der Waals surface area contributed by atoms with Crippen LogP contribution in [-0.4, -0.2) is 46.5 Å². The normalized spacial score (nSPS) is 17.5. The standard InChI is InChI=1S/C27H28N4O6/c1-18-4-3-5-19(2)30(18)26(32)17-36-23-12-8-21(9-13-23)27(33)29-28-16-24-14-15-25(37-24)20-6-10-22(11-7-20)31(34)35/h6-16,18-19H,3-5,17H2,1-2H3,(H,29,33)/b28-16-/t18-,19-/m1/s1. The van der Waals surface area contributed by atoms with Gasteiger partial charge in [-0.1, -0.05) is 0 Å². The number of likely N-dealkylation sites (tertiary alicyclic amines) is 1. The molecule has 4 rings (SSSR count). The molecule has 37 heavy (non-hydrogen) atoms. The summed E-state index contributed by atoms with van der Waals surface area (Å²) >= 11 is 0. The first-order valence-corrected chi connectivity index (χ1v) is 12.0. The van der Waals surface area contributed by atoms with Gasteiger partial charge in [0.15, 0.2) is 6.61 Å². The van der Waals surface area contributed by atoms with Gasteiger partial charge in [0.2, 0.25) is 0 Å². The maximum atomic E-state index is 12.6. The van der Waals surface area contributed by atoms with Crippen LogP contribution >= 0.6 is 0 Å². The Morgan fingerprint density at radius 1 is 1.08 bits per heavy atom. The lowest BCUT2D eigenvalue weighted by molar-refractivity contribution is -0.384. The van der Waals surface area contributed by atoms with Crippen LogP contribution in [0, 0.1) is 10.1 Å². The number of hydrogen-bond donors (Lipinski definition) is 1. The SMILES string of the molecule is C[C@@H]1CCC[C@@H](C)N1C(=O)COc1ccc(C(=O)N/N=C\c2ccc(-c3ccc([N+](=O)[O-])cc3)o2)cc1. The largest absolute Gasteiger partial charge is 0.484 e. The summed E-state index contributed by atoms with van der Waals surface area (Å²) in [5.41, 5.74) is 3.48. The molecule has 0 spiro atoms. The Kier molecular flexibility index (Phi) is 7.97. The van der Waals surface area contributed by atoms with Crippen molar-refractivity contribution >= 4 is 23.7 Å². The first-order valence-electron chi connectivity index (χ1n) is 12.0. The predicted octanol–water partition coefficient (Wildman–Crippen LogP) is 4.79. The van der Waals surface area contributed by atoms with Crippen molar-refractivity contribution in [1.29, 1.82) is 0 Å². The molecule has 2 amide bonds. The number of nitrogens with one attached hydrogen (secondary N) is 1. The van der Waals surface area contributed by atoms with Gasteiger partial charge in [0.25, 0.3) is 17.5 Å². The molecule has 0 unspecified atom stereocenters. The molecule has 10 nitrogen and oxygen atoms in total. The molecule has 10 heteroatoms. The molecule has 0 aliphatic carbocycles. The van der Waals surface area contributed by atoms with Crippen LogP contribution in [0.4, 0.5) is 5.69 Å². The van der Waals surface area contributed by atoms with E-state index >= 15 is 0 Å². The van der Waals surface area contributed by atoms with Crippen molar-refractivity contribution < 1.29 is 23.7 Å². The van der Waals surface area contributed by atoms with Gasteiger partial charge in [0.05, 0.1) is 11.1 Å². The van der Waals surface area contributed by atoms with Crippen LogP contribution in [0.3, 0.4) is 0 Å². The summed E-state index contributed by atoms with van der Waals surface area (Å²) in [6.45, 7) is 4.08. The van der Waals surface area contributed by atoms with Crippen LogP contribution in [0.5, 0.6) is 5.75 Å². The first kappa shape index (κ1) is 25.6. The second-order valence-corrected chi connectivity index (χ2v) is 8.95. The van der Waals surface area contributed by atoms with Crippen LogP contribution in [0.1, 0.15) is 49.2 Å². The van der Waals surface area contributed by atoms with Crippen LogP contribution in [-0.2, 0) is 4.79 Å². The minimum atomic E-state index is -0.467. The molecule has 192 valence electrons. The maximum Gasteiger partial charge on any atom is 0.271 e. The maximum absolute atomic E-state index is 12.6. The second-order valence-electron chi connectivity index (χ2n) is 8.95. The highest BCUT2D eigenvalue weighted by Crippen LogP contribution is 2.24. The zero-order valence-electron chi connectivity index (χ0n) is 20.6. The molecule has 1 saturated heterocycles. The van der Waals surface area contributed by atoms with Crippen molar-refractivity contribution in [2.45, 2.75) is 45.2 Å². The van der Waals surface area contributed by atoms with Gasteiger partial charge in [-0.2, -0.15) is 5.10 Å². The van der Waals surface area contributed by atoms with Crippen molar-refractivity contribution in [1.82, 2.24) is 10.3 Å². The number of rotatable bonds is 8. The molecular weight excluding hydrogens is 476 g/mol. The van der Waals surface area contributed by atoms with Crippen LogP contribution in [0.15, 0.2) is 70.2 Å². The molecule has 1 aliphatic rings. The number of amides is 2. The Bertz CT molecular complexity index is 1270. The molecule has 0 saturated carbocycles. The van der Waals surface area contributed by atoms with Crippen LogP contribution < -0.4 is 10.2 Å². The molecule has 3 aromatic rings. The number of benzene rings is 2. The number of furan rings is 1. The first-order chi connectivity index (χ1) is 17.8. The zero-order chi connectivity index (χ0) is 26.4. The van der Waals surface area contributed by atoms with Gasteiger partial charge in [0, 0.05) is 35.3 Å². The number of nitrogens with zero attached hydrogens (tertiary/aromatic N) is 3. The van der Waals surface area contributed by atoms with Gasteiger partial charge in [-0.05, 0) is 81.6 Å². The van der Waals surface area contributed by atoms with E-state index in [1.165, 1.54) is 18.3 Å². The van der Waals surface area contributed by atoms with E-state index in [0.29, 0.717) is 28.4 Å². The summed E-state index contributed by atoms with van der Waals surface area (Å²) in [7, 11) is 0. The molecule has 2 aromatic carbocycles. The highest BCUT2D eigenvalue weighted by atomic mass is 16.6. The topological polar surface area (TPSA) is 127 Å². The molecule has 2 heterocycles. The predicted molar refractivity (Wildman–Crippen MR) is 137 cm³/mol. The van der Waals surface area contributed by atoms with Gasteiger partial charge in [-0.25, -0.2) is 5.43 Å². The summed E-state index contributed by atoms with van der Waals surface area (Å²) in [4.78, 5) is 37.2. The van der Waals surface area contributed by atoms with Crippen molar-refractivity contribution in [3.63, 3.8) is 0 Å². The molecule has 0 bridgehead atoms. The Morgan fingerprint density at radius 3 is 2.41 bits per heavy atom. The highest BCUT2D eigenvalue weighted by molar-refractivity contribution is 5.94. The number of nitro groups is 1. The molecule has 1 aromatic heterocycles. The Labute approximate surface area is 214 Å². The third-order valence-corrected chi connectivity index (χ3v) is 6.31. The molecule has 2 atom stereocenters. The fourth-order valence-corrected chi connectivity index (χ4v) is 4.38. The monoisotopic (exact) mass is 504 g/mol. The molecule has 1 aliphatic heterocycles. The Hall–Kier alpha value is -4.47. The number of ether oxygens (including phenoxy) is 1. The Balaban J connectivity index is 1.27. The van der Waals surface area contributed by atoms with Crippen LogP contribution in [0.2, 0.25) is 0 Å². The zero-order valence-corrected chi connectivity index (χ0v) is 20.6. The van der Waals surface area contributed by atoms with E-state index < -0.39 is 10.8 Å². The lowest BCUT2D eigenvalue weighted by Crippen LogP contribution is -2.49. The quantitative estimate of drug-likeness (QED) is 0.267. The van der Waals surface area contributed by atoms with Gasteiger partial charge in [0.1, 0.15) is 17.3 Å². The number of carbonyl (C=O) groups is 2. The van der Waals surface area contributed by atoms with Crippen molar-refractivity contribution in [3.05, 3.63) is 82.1 Å². The fraction of sp³-hybridized carbons (Fsp3) is 0.296. The lowest BCUT2D eigenvalue weighted by Gasteiger charge is -2.38. The van der Waals surface area contributed by atoms with Crippen LogP contribution in [0.25, 0.3) is 11.3 Å². The molecule has 1 fully saturated rings. The third-order valence-electron chi connectivity index (χ3n) is 6.31. The number of piperidine rings is 1. The van der Waals surface area contributed by atoms with E-state index in [0.717, 1.165) is 19.3 Å². The molecule has 0 radical (unpaired) electrons. The third kappa shape index (κ3) is 6.40. The number of hydrogen-bond acceptors (Lipinski definition) is 7. The summed E-state index contributed by atoms with van der Waals surface area (Å²) in [5.74, 6) is 0.961. The van der Waals surface area contributed by atoms with Gasteiger partial charge < -0.3 is 14.1 Å². The minimum absolute atomic E-state index is 0.00499. The number of hydrazone groups is 1. The number of carbonyl (C=O) groups excluding carboxylic acids is 2. The number of nitro benzene ring substituents is 1. The van der Waals surface area contributed by atoms with E-state index in [1.807, 2.05) is 4.90 Å². The second kappa shape index (κ2) is 11.5. The average molecular weight is 505 g/mol. The molecular formula is C27H28N4O6. The van der Waals surface area contributed by atoms with E-state index in [4.69, 9.17) is 9.15 Å². The summed E-state index contributed by atoms with van der Waals surface area (Å²) in [6, 6.07) is 16.2. The smallest absolute Gasteiger partial charge is 0.271 e. The lowest BCUT2D eigenvalue weighted by atomic mass is 9.97. The fourth-order valence-electron chi connectivity index (χ4n) is 4.38. The van der Waals surface area contributed by atoms with Crippen molar-refractivity contribution in [2.75, 3.05) is 6.61 Å². The summed E-state index contributed by atoms with van der Waals surface area (Å²) < 4.78 is 11.3. The van der Waals surface area contributed by atoms with Crippen molar-refractivity contribution in [3.8, 4) is 17.1 Å².